The van der Waals surface area contributed by atoms with Crippen LogP contribution in [0.1, 0.15) is 45.0 Å². The zero-order valence-corrected chi connectivity index (χ0v) is 11.5. The second-order valence-corrected chi connectivity index (χ2v) is 5.50. The number of hydrogen-bond donors (Lipinski definition) is 1. The second kappa shape index (κ2) is 4.20. The number of aryl methyl sites for hydroxylation is 1. The average Bonchev–Trinajstić information content (AvgIpc) is 2.81. The molecule has 0 amide bonds. The quantitative estimate of drug-likeness (QED) is 0.889. The van der Waals surface area contributed by atoms with E-state index >= 15 is 0 Å². The number of nitrogens with two attached hydrogens (primary N) is 1. The first-order valence-corrected chi connectivity index (χ1v) is 6.04. The molecule has 0 fully saturated rings. The molecule has 18 heavy (non-hydrogen) atoms. The Morgan fingerprint density at radius 2 is 1.94 bits per heavy atom. The fraction of sp³-hybridized carbons (Fsp3) is 0.583. The Morgan fingerprint density at radius 1 is 1.28 bits per heavy atom. The molecule has 0 aliphatic heterocycles. The highest BCUT2D eigenvalue weighted by atomic mass is 15.4. The maximum absolute atomic E-state index is 6.01. The summed E-state index contributed by atoms with van der Waals surface area (Å²) < 4.78 is 3.53. The van der Waals surface area contributed by atoms with Gasteiger partial charge in [0.1, 0.15) is 11.4 Å². The molecule has 2 heterocycles. The third-order valence-electron chi connectivity index (χ3n) is 2.78. The summed E-state index contributed by atoms with van der Waals surface area (Å²) in [7, 11) is 1.90. The standard InChI is InChI=1S/C12H20N6/c1-8(2)11-9(6-17(5)15-11)18-7-10(14-16-18)12(3,4)13/h6-8H,13H2,1-5H3. The summed E-state index contributed by atoms with van der Waals surface area (Å²) >= 11 is 0. The van der Waals surface area contributed by atoms with Crippen LogP contribution in [0.4, 0.5) is 0 Å². The van der Waals surface area contributed by atoms with Crippen molar-refractivity contribution < 1.29 is 0 Å². The van der Waals surface area contributed by atoms with Gasteiger partial charge in [0.25, 0.3) is 0 Å². The van der Waals surface area contributed by atoms with Crippen molar-refractivity contribution in [3.05, 3.63) is 23.8 Å². The van der Waals surface area contributed by atoms with Gasteiger partial charge in [-0.25, -0.2) is 4.68 Å². The molecule has 0 unspecified atom stereocenters. The smallest absolute Gasteiger partial charge is 0.108 e. The molecule has 0 saturated carbocycles. The average molecular weight is 248 g/mol. The van der Waals surface area contributed by atoms with Crippen molar-refractivity contribution in [3.63, 3.8) is 0 Å². The predicted molar refractivity (Wildman–Crippen MR) is 69.4 cm³/mol. The highest BCUT2D eigenvalue weighted by molar-refractivity contribution is 5.36. The maximum Gasteiger partial charge on any atom is 0.108 e. The highest BCUT2D eigenvalue weighted by Gasteiger charge is 2.20. The van der Waals surface area contributed by atoms with E-state index in [0.29, 0.717) is 5.92 Å². The first-order valence-electron chi connectivity index (χ1n) is 6.04. The molecule has 98 valence electrons. The summed E-state index contributed by atoms with van der Waals surface area (Å²) in [5.41, 5.74) is 8.25. The van der Waals surface area contributed by atoms with Gasteiger partial charge in [-0.1, -0.05) is 19.1 Å². The predicted octanol–water partition coefficient (Wildman–Crippen LogP) is 1.32. The van der Waals surface area contributed by atoms with Crippen LogP contribution < -0.4 is 5.73 Å². The largest absolute Gasteiger partial charge is 0.320 e. The summed E-state index contributed by atoms with van der Waals surface area (Å²) in [5, 5.41) is 12.7. The van der Waals surface area contributed by atoms with E-state index in [1.807, 2.05) is 33.3 Å². The summed E-state index contributed by atoms with van der Waals surface area (Å²) in [6, 6.07) is 0. The summed E-state index contributed by atoms with van der Waals surface area (Å²) in [6.07, 6.45) is 3.81. The Kier molecular flexibility index (Phi) is 2.98. The van der Waals surface area contributed by atoms with Crippen LogP contribution in [0.25, 0.3) is 5.69 Å². The van der Waals surface area contributed by atoms with Crippen LogP contribution in [0.5, 0.6) is 0 Å². The monoisotopic (exact) mass is 248 g/mol. The van der Waals surface area contributed by atoms with Gasteiger partial charge in [-0.2, -0.15) is 5.10 Å². The first-order chi connectivity index (χ1) is 8.29. The van der Waals surface area contributed by atoms with Crippen molar-refractivity contribution in [1.82, 2.24) is 24.8 Å². The fourth-order valence-electron chi connectivity index (χ4n) is 1.76. The number of rotatable bonds is 3. The molecule has 2 aromatic heterocycles. The van der Waals surface area contributed by atoms with E-state index in [2.05, 4.69) is 29.3 Å². The van der Waals surface area contributed by atoms with Crippen LogP contribution in [0.2, 0.25) is 0 Å². The molecular formula is C12H20N6. The third kappa shape index (κ3) is 2.28. The lowest BCUT2D eigenvalue weighted by atomic mass is 10.0. The molecule has 0 spiro atoms. The molecule has 0 radical (unpaired) electrons. The van der Waals surface area contributed by atoms with Crippen LogP contribution >= 0.6 is 0 Å². The Morgan fingerprint density at radius 3 is 2.44 bits per heavy atom. The Labute approximate surface area is 107 Å². The van der Waals surface area contributed by atoms with Crippen molar-refractivity contribution in [3.8, 4) is 5.69 Å². The van der Waals surface area contributed by atoms with Gasteiger partial charge in [0, 0.05) is 7.05 Å². The van der Waals surface area contributed by atoms with Gasteiger partial charge in [0.15, 0.2) is 0 Å². The molecule has 0 atom stereocenters. The lowest BCUT2D eigenvalue weighted by molar-refractivity contribution is 0.533. The normalized spacial score (nSPS) is 12.4. The molecule has 6 nitrogen and oxygen atoms in total. The van der Waals surface area contributed by atoms with Crippen molar-refractivity contribution in [1.29, 1.82) is 0 Å². The summed E-state index contributed by atoms with van der Waals surface area (Å²) in [5.74, 6) is 0.333. The molecule has 0 saturated heterocycles. The zero-order valence-electron chi connectivity index (χ0n) is 11.5. The topological polar surface area (TPSA) is 74.5 Å². The van der Waals surface area contributed by atoms with E-state index in [1.54, 1.807) is 9.36 Å². The van der Waals surface area contributed by atoms with E-state index < -0.39 is 5.54 Å². The van der Waals surface area contributed by atoms with Crippen LogP contribution in [-0.4, -0.2) is 24.8 Å². The summed E-state index contributed by atoms with van der Waals surface area (Å²) in [4.78, 5) is 0. The van der Waals surface area contributed by atoms with E-state index in [-0.39, 0.29) is 0 Å². The van der Waals surface area contributed by atoms with Gasteiger partial charge in [-0.15, -0.1) is 5.10 Å². The molecule has 0 aliphatic rings. The number of aromatic nitrogens is 5. The lowest BCUT2D eigenvalue weighted by Gasteiger charge is -2.13. The Hall–Kier alpha value is -1.69. The minimum absolute atomic E-state index is 0.333. The van der Waals surface area contributed by atoms with E-state index in [1.165, 1.54) is 0 Å². The van der Waals surface area contributed by atoms with Gasteiger partial charge in [-0.05, 0) is 19.8 Å². The SMILES string of the molecule is CC(C)c1nn(C)cc1-n1cc(C(C)(C)N)nn1. The Balaban J connectivity index is 2.46. The Bertz CT molecular complexity index is 543. The van der Waals surface area contributed by atoms with Crippen molar-refractivity contribution in [2.45, 2.75) is 39.2 Å². The van der Waals surface area contributed by atoms with Gasteiger partial charge < -0.3 is 5.73 Å². The minimum atomic E-state index is -0.488. The third-order valence-corrected chi connectivity index (χ3v) is 2.78. The molecule has 6 heteroatoms. The van der Waals surface area contributed by atoms with Gasteiger partial charge >= 0.3 is 0 Å². The van der Waals surface area contributed by atoms with Crippen LogP contribution in [0.3, 0.4) is 0 Å². The van der Waals surface area contributed by atoms with Gasteiger partial charge in [-0.3, -0.25) is 4.68 Å². The first kappa shape index (κ1) is 12.8. The zero-order chi connectivity index (χ0) is 13.5. The van der Waals surface area contributed by atoms with Crippen LogP contribution in [0.15, 0.2) is 12.4 Å². The van der Waals surface area contributed by atoms with Gasteiger partial charge in [0.2, 0.25) is 0 Å². The van der Waals surface area contributed by atoms with E-state index in [4.69, 9.17) is 5.73 Å². The van der Waals surface area contributed by atoms with Crippen molar-refractivity contribution in [2.75, 3.05) is 0 Å². The second-order valence-electron chi connectivity index (χ2n) is 5.50. The molecule has 0 bridgehead atoms. The molecular weight excluding hydrogens is 228 g/mol. The van der Waals surface area contributed by atoms with E-state index in [9.17, 15) is 0 Å². The van der Waals surface area contributed by atoms with Crippen molar-refractivity contribution in [2.24, 2.45) is 12.8 Å². The molecule has 0 aliphatic carbocycles. The molecule has 0 aromatic carbocycles. The molecule has 2 N–H and O–H groups in total. The van der Waals surface area contributed by atoms with E-state index in [0.717, 1.165) is 17.1 Å². The highest BCUT2D eigenvalue weighted by Crippen LogP contribution is 2.22. The molecule has 2 rings (SSSR count). The van der Waals surface area contributed by atoms with Crippen LogP contribution in [0, 0.1) is 0 Å². The van der Waals surface area contributed by atoms with Crippen molar-refractivity contribution >= 4 is 0 Å². The number of hydrogen-bond acceptors (Lipinski definition) is 4. The minimum Gasteiger partial charge on any atom is -0.320 e. The lowest BCUT2D eigenvalue weighted by Crippen LogP contribution is -2.29. The number of nitrogens with zero attached hydrogens (tertiary/aromatic N) is 5. The van der Waals surface area contributed by atoms with Crippen LogP contribution in [-0.2, 0) is 12.6 Å². The van der Waals surface area contributed by atoms with Gasteiger partial charge in [0.05, 0.1) is 23.6 Å². The fourth-order valence-corrected chi connectivity index (χ4v) is 1.76. The summed E-state index contributed by atoms with van der Waals surface area (Å²) in [6.45, 7) is 8.04. The maximum atomic E-state index is 6.01. The molecule has 2 aromatic rings.